The summed E-state index contributed by atoms with van der Waals surface area (Å²) in [5, 5.41) is 0. The van der Waals surface area contributed by atoms with Gasteiger partial charge in [0.05, 0.1) is 5.56 Å². The van der Waals surface area contributed by atoms with Gasteiger partial charge in [0, 0.05) is 12.2 Å². The van der Waals surface area contributed by atoms with Gasteiger partial charge in [-0.2, -0.15) is 13.2 Å². The first-order chi connectivity index (χ1) is 8.36. The topological polar surface area (TPSA) is 26.3 Å². The minimum Gasteiger partial charge on any atom is -0.373 e. The molecule has 100 valence electrons. The highest BCUT2D eigenvalue weighted by atomic mass is 19.4. The second kappa shape index (κ2) is 5.95. The lowest BCUT2D eigenvalue weighted by molar-refractivity contribution is -0.138. The van der Waals surface area contributed by atoms with Crippen LogP contribution in [0.4, 0.5) is 17.6 Å². The summed E-state index contributed by atoms with van der Waals surface area (Å²) < 4.78 is 55.6. The Morgan fingerprint density at radius 2 is 2.00 bits per heavy atom. The first-order valence-electron chi connectivity index (χ1n) is 5.34. The number of hydrogen-bond acceptors (Lipinski definition) is 2. The Hall–Kier alpha value is -1.43. The van der Waals surface area contributed by atoms with Crippen LogP contribution >= 0.6 is 0 Å². The summed E-state index contributed by atoms with van der Waals surface area (Å²) in [5.41, 5.74) is -1.84. The first kappa shape index (κ1) is 14.6. The van der Waals surface area contributed by atoms with E-state index in [-0.39, 0.29) is 6.61 Å². The van der Waals surface area contributed by atoms with Gasteiger partial charge in [-0.15, -0.1) is 0 Å². The van der Waals surface area contributed by atoms with Gasteiger partial charge >= 0.3 is 6.18 Å². The Balaban J connectivity index is 2.98. The van der Waals surface area contributed by atoms with E-state index in [9.17, 15) is 22.4 Å². The average molecular weight is 264 g/mol. The van der Waals surface area contributed by atoms with Crippen molar-refractivity contribution in [1.29, 1.82) is 0 Å². The van der Waals surface area contributed by atoms with E-state index in [4.69, 9.17) is 4.74 Å². The number of carbonyl (C=O) groups is 1. The molecule has 0 unspecified atom stereocenters. The summed E-state index contributed by atoms with van der Waals surface area (Å²) in [6, 6.07) is 1.81. The van der Waals surface area contributed by atoms with Crippen LogP contribution < -0.4 is 0 Å². The molecule has 0 aliphatic rings. The lowest BCUT2D eigenvalue weighted by atomic mass is 10.0. The predicted molar refractivity (Wildman–Crippen MR) is 56.8 cm³/mol. The van der Waals surface area contributed by atoms with Crippen molar-refractivity contribution in [2.75, 3.05) is 13.2 Å². The van der Waals surface area contributed by atoms with E-state index in [1.807, 2.05) is 0 Å². The van der Waals surface area contributed by atoms with Gasteiger partial charge in [-0.05, 0) is 24.6 Å². The van der Waals surface area contributed by atoms with E-state index in [0.29, 0.717) is 24.6 Å². The molecule has 0 N–H and O–H groups in total. The van der Waals surface area contributed by atoms with E-state index in [1.54, 1.807) is 6.92 Å². The van der Waals surface area contributed by atoms with Crippen molar-refractivity contribution in [3.05, 3.63) is 35.1 Å². The third-order valence-corrected chi connectivity index (χ3v) is 2.17. The molecule has 0 aliphatic carbocycles. The SMILES string of the molecule is CCCOCC(=O)c1cc(F)ccc1C(F)(F)F. The van der Waals surface area contributed by atoms with Crippen molar-refractivity contribution in [3.8, 4) is 0 Å². The molecule has 0 saturated carbocycles. The molecule has 0 radical (unpaired) electrons. The number of ketones is 1. The van der Waals surface area contributed by atoms with Crippen LogP contribution in [0.3, 0.4) is 0 Å². The van der Waals surface area contributed by atoms with Crippen LogP contribution in [0.1, 0.15) is 29.3 Å². The molecule has 6 heteroatoms. The maximum Gasteiger partial charge on any atom is 0.417 e. The maximum absolute atomic E-state index is 12.9. The molecule has 0 aromatic heterocycles. The van der Waals surface area contributed by atoms with Gasteiger partial charge in [0.25, 0.3) is 0 Å². The summed E-state index contributed by atoms with van der Waals surface area (Å²) in [6.07, 6.45) is -4.05. The van der Waals surface area contributed by atoms with Crippen LogP contribution in [-0.2, 0) is 10.9 Å². The third kappa shape index (κ3) is 3.80. The summed E-state index contributed by atoms with van der Waals surface area (Å²) in [7, 11) is 0. The number of rotatable bonds is 5. The molecular weight excluding hydrogens is 252 g/mol. The molecule has 1 rings (SSSR count). The van der Waals surface area contributed by atoms with Crippen molar-refractivity contribution in [3.63, 3.8) is 0 Å². The number of halogens is 4. The van der Waals surface area contributed by atoms with Crippen LogP contribution in [-0.4, -0.2) is 19.0 Å². The third-order valence-electron chi connectivity index (χ3n) is 2.17. The number of carbonyl (C=O) groups excluding carboxylic acids is 1. The molecule has 0 atom stereocenters. The van der Waals surface area contributed by atoms with E-state index < -0.39 is 35.5 Å². The maximum atomic E-state index is 12.9. The van der Waals surface area contributed by atoms with Crippen molar-refractivity contribution in [2.24, 2.45) is 0 Å². The van der Waals surface area contributed by atoms with Gasteiger partial charge < -0.3 is 4.74 Å². The molecular formula is C12H12F4O2. The molecule has 0 saturated heterocycles. The summed E-state index contributed by atoms with van der Waals surface area (Å²) >= 11 is 0. The number of alkyl halides is 3. The van der Waals surface area contributed by atoms with Gasteiger partial charge in [-0.25, -0.2) is 4.39 Å². The second-order valence-electron chi connectivity index (χ2n) is 3.66. The van der Waals surface area contributed by atoms with Crippen molar-refractivity contribution in [2.45, 2.75) is 19.5 Å². The van der Waals surface area contributed by atoms with Crippen molar-refractivity contribution >= 4 is 5.78 Å². The molecule has 0 amide bonds. The van der Waals surface area contributed by atoms with E-state index in [1.165, 1.54) is 0 Å². The Kier molecular flexibility index (Phi) is 4.84. The summed E-state index contributed by atoms with van der Waals surface area (Å²) in [4.78, 5) is 11.5. The average Bonchev–Trinajstić information content (AvgIpc) is 2.27. The fourth-order valence-electron chi connectivity index (χ4n) is 1.38. The zero-order valence-corrected chi connectivity index (χ0v) is 9.68. The van der Waals surface area contributed by atoms with Gasteiger partial charge in [0.15, 0.2) is 5.78 Å². The van der Waals surface area contributed by atoms with E-state index >= 15 is 0 Å². The van der Waals surface area contributed by atoms with Gasteiger partial charge in [0.2, 0.25) is 0 Å². The number of ether oxygens (including phenoxy) is 1. The summed E-state index contributed by atoms with van der Waals surface area (Å²) in [6.45, 7) is 1.58. The normalized spacial score (nSPS) is 11.6. The van der Waals surface area contributed by atoms with Crippen LogP contribution in [0.15, 0.2) is 18.2 Å². The molecule has 0 spiro atoms. The number of hydrogen-bond donors (Lipinski definition) is 0. The van der Waals surface area contributed by atoms with Crippen molar-refractivity contribution in [1.82, 2.24) is 0 Å². The Bertz CT molecular complexity index is 427. The Labute approximate surface area is 102 Å². The van der Waals surface area contributed by atoms with Gasteiger partial charge in [-0.3, -0.25) is 4.79 Å². The number of benzene rings is 1. The van der Waals surface area contributed by atoms with Crippen LogP contribution in [0.25, 0.3) is 0 Å². The lowest BCUT2D eigenvalue weighted by Crippen LogP contribution is -2.17. The van der Waals surface area contributed by atoms with Crippen molar-refractivity contribution < 1.29 is 27.1 Å². The largest absolute Gasteiger partial charge is 0.417 e. The van der Waals surface area contributed by atoms with Crippen LogP contribution in [0.5, 0.6) is 0 Å². The highest BCUT2D eigenvalue weighted by Crippen LogP contribution is 2.32. The molecule has 1 aromatic rings. The zero-order chi connectivity index (χ0) is 13.8. The molecule has 2 nitrogen and oxygen atoms in total. The monoisotopic (exact) mass is 264 g/mol. The Morgan fingerprint density at radius 1 is 1.33 bits per heavy atom. The zero-order valence-electron chi connectivity index (χ0n) is 9.68. The predicted octanol–water partition coefficient (Wildman–Crippen LogP) is 3.45. The molecule has 18 heavy (non-hydrogen) atoms. The molecule has 0 fully saturated rings. The molecule has 0 aliphatic heterocycles. The highest BCUT2D eigenvalue weighted by molar-refractivity contribution is 5.98. The molecule has 0 heterocycles. The smallest absolute Gasteiger partial charge is 0.373 e. The lowest BCUT2D eigenvalue weighted by Gasteiger charge is -2.12. The van der Waals surface area contributed by atoms with E-state index in [0.717, 1.165) is 0 Å². The fourth-order valence-corrected chi connectivity index (χ4v) is 1.38. The highest BCUT2D eigenvalue weighted by Gasteiger charge is 2.35. The minimum absolute atomic E-state index is 0.266. The minimum atomic E-state index is -4.69. The Morgan fingerprint density at radius 3 is 2.56 bits per heavy atom. The van der Waals surface area contributed by atoms with Crippen LogP contribution in [0.2, 0.25) is 0 Å². The molecule has 1 aromatic carbocycles. The standard InChI is InChI=1S/C12H12F4O2/c1-2-5-18-7-11(17)9-6-8(13)3-4-10(9)12(14,15)16/h3-4,6H,2,5,7H2,1H3. The van der Waals surface area contributed by atoms with E-state index in [2.05, 4.69) is 0 Å². The second-order valence-corrected chi connectivity index (χ2v) is 3.66. The quantitative estimate of drug-likeness (QED) is 0.462. The molecule has 0 bridgehead atoms. The summed E-state index contributed by atoms with van der Waals surface area (Å²) in [5.74, 6) is -1.77. The number of Topliss-reactive ketones (excluding diaryl/α,β-unsaturated/α-hetero) is 1. The van der Waals surface area contributed by atoms with Crippen LogP contribution in [0, 0.1) is 5.82 Å². The van der Waals surface area contributed by atoms with Gasteiger partial charge in [-0.1, -0.05) is 6.92 Å². The fraction of sp³-hybridized carbons (Fsp3) is 0.417. The first-order valence-corrected chi connectivity index (χ1v) is 5.34. The van der Waals surface area contributed by atoms with Gasteiger partial charge in [0.1, 0.15) is 12.4 Å².